The number of para-hydroxylation sites is 1. The third-order valence-corrected chi connectivity index (χ3v) is 3.44. The van der Waals surface area contributed by atoms with Crippen LogP contribution in [0.3, 0.4) is 0 Å². The van der Waals surface area contributed by atoms with E-state index in [1.165, 1.54) is 10.9 Å². The molecule has 18 heavy (non-hydrogen) atoms. The Morgan fingerprint density at radius 1 is 1.28 bits per heavy atom. The van der Waals surface area contributed by atoms with E-state index < -0.39 is 5.79 Å². The smallest absolute Gasteiger partial charge is 0.163 e. The standard InChI is InChI=1S/C15H19NO2/c1-15(2)17-11-13(18-15)8-10-16-9-7-12-5-3-4-6-14(12)16/h3-7,9,13H,8,10-11H2,1-2H3/t13-/m0/s1. The van der Waals surface area contributed by atoms with Crippen LogP contribution in [0.1, 0.15) is 20.3 Å². The Labute approximate surface area is 107 Å². The van der Waals surface area contributed by atoms with Crippen molar-refractivity contribution in [1.29, 1.82) is 0 Å². The Hall–Kier alpha value is -1.32. The molecule has 1 fully saturated rings. The highest BCUT2D eigenvalue weighted by molar-refractivity contribution is 5.79. The predicted molar refractivity (Wildman–Crippen MR) is 71.5 cm³/mol. The summed E-state index contributed by atoms with van der Waals surface area (Å²) in [5.74, 6) is -0.413. The third-order valence-electron chi connectivity index (χ3n) is 3.44. The molecule has 1 saturated heterocycles. The van der Waals surface area contributed by atoms with Crippen molar-refractivity contribution in [3.63, 3.8) is 0 Å². The lowest BCUT2D eigenvalue weighted by atomic mass is 10.2. The average molecular weight is 245 g/mol. The van der Waals surface area contributed by atoms with Crippen LogP contribution in [0.25, 0.3) is 10.9 Å². The van der Waals surface area contributed by atoms with Crippen molar-refractivity contribution in [2.24, 2.45) is 0 Å². The fourth-order valence-electron chi connectivity index (χ4n) is 2.52. The quantitative estimate of drug-likeness (QED) is 0.829. The molecule has 0 amide bonds. The number of benzene rings is 1. The summed E-state index contributed by atoms with van der Waals surface area (Å²) in [6.45, 7) is 5.61. The van der Waals surface area contributed by atoms with Crippen molar-refractivity contribution in [3.8, 4) is 0 Å². The first-order valence-electron chi connectivity index (χ1n) is 6.50. The second-order valence-electron chi connectivity index (χ2n) is 5.31. The number of hydrogen-bond donors (Lipinski definition) is 0. The van der Waals surface area contributed by atoms with Crippen LogP contribution in [-0.4, -0.2) is 23.1 Å². The van der Waals surface area contributed by atoms with Crippen molar-refractivity contribution >= 4 is 10.9 Å². The fraction of sp³-hybridized carbons (Fsp3) is 0.467. The third kappa shape index (κ3) is 2.28. The summed E-state index contributed by atoms with van der Waals surface area (Å²) in [6.07, 6.45) is 3.34. The normalized spacial score (nSPS) is 22.7. The Kier molecular flexibility index (Phi) is 2.88. The maximum absolute atomic E-state index is 5.82. The number of aromatic nitrogens is 1. The van der Waals surface area contributed by atoms with Gasteiger partial charge in [-0.05, 0) is 37.8 Å². The molecule has 1 aliphatic rings. The highest BCUT2D eigenvalue weighted by atomic mass is 16.7. The predicted octanol–water partition coefficient (Wildman–Crippen LogP) is 3.18. The zero-order chi connectivity index (χ0) is 12.6. The number of rotatable bonds is 3. The molecule has 0 saturated carbocycles. The molecule has 3 nitrogen and oxygen atoms in total. The lowest BCUT2D eigenvalue weighted by molar-refractivity contribution is -0.139. The van der Waals surface area contributed by atoms with Gasteiger partial charge in [0.25, 0.3) is 0 Å². The van der Waals surface area contributed by atoms with Crippen LogP contribution >= 0.6 is 0 Å². The zero-order valence-electron chi connectivity index (χ0n) is 10.9. The molecule has 3 heteroatoms. The molecule has 0 radical (unpaired) electrons. The SMILES string of the molecule is CC1(C)OC[C@H](CCn2ccc3ccccc32)O1. The Morgan fingerprint density at radius 3 is 2.89 bits per heavy atom. The molecule has 1 aromatic carbocycles. The molecule has 0 spiro atoms. The molecule has 0 N–H and O–H groups in total. The van der Waals surface area contributed by atoms with Gasteiger partial charge in [-0.1, -0.05) is 18.2 Å². The molecule has 0 bridgehead atoms. The van der Waals surface area contributed by atoms with Crippen LogP contribution in [0.15, 0.2) is 36.5 Å². The van der Waals surface area contributed by atoms with Crippen LogP contribution in [-0.2, 0) is 16.0 Å². The van der Waals surface area contributed by atoms with Crippen LogP contribution in [0.2, 0.25) is 0 Å². The summed E-state index contributed by atoms with van der Waals surface area (Å²) in [5, 5.41) is 1.29. The summed E-state index contributed by atoms with van der Waals surface area (Å²) in [6, 6.07) is 10.6. The van der Waals surface area contributed by atoms with Gasteiger partial charge >= 0.3 is 0 Å². The molecule has 3 rings (SSSR count). The lowest BCUT2D eigenvalue weighted by Gasteiger charge is -2.17. The number of fused-ring (bicyclic) bond motifs is 1. The van der Waals surface area contributed by atoms with Crippen LogP contribution < -0.4 is 0 Å². The topological polar surface area (TPSA) is 23.4 Å². The van der Waals surface area contributed by atoms with Crippen molar-refractivity contribution in [2.45, 2.75) is 38.7 Å². The largest absolute Gasteiger partial charge is 0.348 e. The molecule has 96 valence electrons. The van der Waals surface area contributed by atoms with Crippen LogP contribution in [0, 0.1) is 0 Å². The Morgan fingerprint density at radius 2 is 2.11 bits per heavy atom. The van der Waals surface area contributed by atoms with E-state index in [2.05, 4.69) is 41.1 Å². The minimum atomic E-state index is -0.413. The van der Waals surface area contributed by atoms with Crippen molar-refractivity contribution in [3.05, 3.63) is 36.5 Å². The van der Waals surface area contributed by atoms with Gasteiger partial charge in [-0.2, -0.15) is 0 Å². The molecule has 1 aromatic heterocycles. The summed E-state index contributed by atoms with van der Waals surface area (Å²) >= 11 is 0. The maximum atomic E-state index is 5.82. The molecule has 2 heterocycles. The van der Waals surface area contributed by atoms with E-state index in [0.717, 1.165) is 13.0 Å². The minimum Gasteiger partial charge on any atom is -0.348 e. The summed E-state index contributed by atoms with van der Waals surface area (Å²) < 4.78 is 13.7. The van der Waals surface area contributed by atoms with E-state index in [0.29, 0.717) is 6.61 Å². The lowest BCUT2D eigenvalue weighted by Crippen LogP contribution is -2.22. The fourth-order valence-corrected chi connectivity index (χ4v) is 2.52. The van der Waals surface area contributed by atoms with Crippen molar-refractivity contribution in [1.82, 2.24) is 4.57 Å². The molecule has 0 aliphatic carbocycles. The van der Waals surface area contributed by atoms with Gasteiger partial charge in [-0.25, -0.2) is 0 Å². The van der Waals surface area contributed by atoms with Gasteiger partial charge in [0.1, 0.15) is 0 Å². The second kappa shape index (κ2) is 4.41. The van der Waals surface area contributed by atoms with Crippen LogP contribution in [0.5, 0.6) is 0 Å². The van der Waals surface area contributed by atoms with Gasteiger partial charge in [0.05, 0.1) is 12.7 Å². The number of aryl methyl sites for hydroxylation is 1. The van der Waals surface area contributed by atoms with Gasteiger partial charge in [-0.3, -0.25) is 0 Å². The maximum Gasteiger partial charge on any atom is 0.163 e. The van der Waals surface area contributed by atoms with Gasteiger partial charge in [-0.15, -0.1) is 0 Å². The van der Waals surface area contributed by atoms with Gasteiger partial charge in [0, 0.05) is 18.3 Å². The highest BCUT2D eigenvalue weighted by Gasteiger charge is 2.32. The number of hydrogen-bond acceptors (Lipinski definition) is 2. The zero-order valence-corrected chi connectivity index (χ0v) is 10.9. The van der Waals surface area contributed by atoms with E-state index >= 15 is 0 Å². The number of nitrogens with zero attached hydrogens (tertiary/aromatic N) is 1. The Balaban J connectivity index is 1.67. The molecule has 1 atom stereocenters. The van der Waals surface area contributed by atoms with Crippen LogP contribution in [0.4, 0.5) is 0 Å². The minimum absolute atomic E-state index is 0.209. The molecule has 2 aromatic rings. The monoisotopic (exact) mass is 245 g/mol. The van der Waals surface area contributed by atoms with Gasteiger partial charge in [0.2, 0.25) is 0 Å². The molecular weight excluding hydrogens is 226 g/mol. The van der Waals surface area contributed by atoms with Crippen molar-refractivity contribution in [2.75, 3.05) is 6.61 Å². The first-order chi connectivity index (χ1) is 8.64. The Bertz CT molecular complexity index is 544. The first kappa shape index (κ1) is 11.8. The summed E-state index contributed by atoms with van der Waals surface area (Å²) in [4.78, 5) is 0. The average Bonchev–Trinajstić information content (AvgIpc) is 2.90. The second-order valence-corrected chi connectivity index (χ2v) is 5.31. The molecule has 0 unspecified atom stereocenters. The molecule has 1 aliphatic heterocycles. The van der Waals surface area contributed by atoms with E-state index in [4.69, 9.17) is 9.47 Å². The van der Waals surface area contributed by atoms with E-state index in [1.54, 1.807) is 0 Å². The summed E-state index contributed by atoms with van der Waals surface area (Å²) in [5.41, 5.74) is 1.29. The van der Waals surface area contributed by atoms with Gasteiger partial charge in [0.15, 0.2) is 5.79 Å². The molecular formula is C15H19NO2. The van der Waals surface area contributed by atoms with E-state index in [-0.39, 0.29) is 6.10 Å². The van der Waals surface area contributed by atoms with E-state index in [1.807, 2.05) is 13.8 Å². The first-order valence-corrected chi connectivity index (χ1v) is 6.50. The summed E-state index contributed by atoms with van der Waals surface area (Å²) in [7, 11) is 0. The van der Waals surface area contributed by atoms with E-state index in [9.17, 15) is 0 Å². The van der Waals surface area contributed by atoms with Gasteiger partial charge < -0.3 is 14.0 Å². The highest BCUT2D eigenvalue weighted by Crippen LogP contribution is 2.25. The van der Waals surface area contributed by atoms with Crippen molar-refractivity contribution < 1.29 is 9.47 Å². The number of ether oxygens (including phenoxy) is 2.